The zero-order valence-electron chi connectivity index (χ0n) is 11.9. The fourth-order valence-electron chi connectivity index (χ4n) is 1.80. The minimum absolute atomic E-state index is 0.759. The Hall–Kier alpha value is -0.940. The standard InChI is InChI=1S/C15H20ClN3S/c1-19(2)10-9-17-8-7-15-18-14(11-20-15)12-3-5-13(16)6-4-12/h3-6,11,17H,7-10H2,1-2H3. The van der Waals surface area contributed by atoms with Crippen LogP contribution in [0.3, 0.4) is 0 Å². The van der Waals surface area contributed by atoms with Crippen LogP contribution in [0.15, 0.2) is 29.6 Å². The van der Waals surface area contributed by atoms with Gasteiger partial charge in [-0.15, -0.1) is 11.3 Å². The smallest absolute Gasteiger partial charge is 0.0945 e. The van der Waals surface area contributed by atoms with Gasteiger partial charge in [-0.1, -0.05) is 23.7 Å². The molecule has 5 heteroatoms. The Kier molecular flexibility index (Phi) is 5.98. The normalized spacial score (nSPS) is 11.2. The van der Waals surface area contributed by atoms with Gasteiger partial charge in [0.25, 0.3) is 0 Å². The highest BCUT2D eigenvalue weighted by Crippen LogP contribution is 2.23. The lowest BCUT2D eigenvalue weighted by Crippen LogP contribution is -2.27. The molecule has 1 aromatic heterocycles. The van der Waals surface area contributed by atoms with Gasteiger partial charge in [0.2, 0.25) is 0 Å². The predicted molar refractivity (Wildman–Crippen MR) is 87.7 cm³/mol. The molecule has 1 N–H and O–H groups in total. The van der Waals surface area contributed by atoms with E-state index in [2.05, 4.69) is 34.7 Å². The first-order chi connectivity index (χ1) is 9.65. The van der Waals surface area contributed by atoms with Crippen molar-refractivity contribution in [3.05, 3.63) is 39.7 Å². The summed E-state index contributed by atoms with van der Waals surface area (Å²) in [6.07, 6.45) is 0.978. The molecule has 0 radical (unpaired) electrons. The number of nitrogens with one attached hydrogen (secondary N) is 1. The molecule has 20 heavy (non-hydrogen) atoms. The van der Waals surface area contributed by atoms with Crippen molar-refractivity contribution in [3.8, 4) is 11.3 Å². The highest BCUT2D eigenvalue weighted by atomic mass is 35.5. The highest BCUT2D eigenvalue weighted by Gasteiger charge is 2.04. The van der Waals surface area contributed by atoms with Gasteiger partial charge < -0.3 is 10.2 Å². The average Bonchev–Trinajstić information content (AvgIpc) is 2.87. The molecule has 0 aliphatic heterocycles. The summed E-state index contributed by atoms with van der Waals surface area (Å²) in [7, 11) is 4.17. The largest absolute Gasteiger partial charge is 0.315 e. The number of rotatable bonds is 7. The minimum atomic E-state index is 0.759. The van der Waals surface area contributed by atoms with Gasteiger partial charge in [0, 0.05) is 42.0 Å². The molecule has 0 aliphatic rings. The second-order valence-corrected chi connectivity index (χ2v) is 6.32. The number of thiazole rings is 1. The molecule has 0 amide bonds. The first kappa shape index (κ1) is 15.4. The van der Waals surface area contributed by atoms with Crippen molar-refractivity contribution < 1.29 is 0 Å². The van der Waals surface area contributed by atoms with E-state index in [1.807, 2.05) is 24.3 Å². The van der Waals surface area contributed by atoms with Crippen LogP contribution in [-0.4, -0.2) is 43.6 Å². The second-order valence-electron chi connectivity index (χ2n) is 4.94. The van der Waals surface area contributed by atoms with Crippen LogP contribution in [0, 0.1) is 0 Å². The molecule has 2 rings (SSSR count). The van der Waals surface area contributed by atoms with Crippen molar-refractivity contribution in [2.75, 3.05) is 33.7 Å². The van der Waals surface area contributed by atoms with Crippen LogP contribution >= 0.6 is 22.9 Å². The number of benzene rings is 1. The lowest BCUT2D eigenvalue weighted by atomic mass is 10.2. The van der Waals surface area contributed by atoms with Crippen LogP contribution in [0.5, 0.6) is 0 Å². The highest BCUT2D eigenvalue weighted by molar-refractivity contribution is 7.09. The minimum Gasteiger partial charge on any atom is -0.315 e. The van der Waals surface area contributed by atoms with Gasteiger partial charge in [0.15, 0.2) is 0 Å². The van der Waals surface area contributed by atoms with Gasteiger partial charge >= 0.3 is 0 Å². The summed E-state index contributed by atoms with van der Waals surface area (Å²) in [4.78, 5) is 6.84. The molecule has 0 fully saturated rings. The summed E-state index contributed by atoms with van der Waals surface area (Å²) in [6.45, 7) is 3.05. The molecular formula is C15H20ClN3S. The lowest BCUT2D eigenvalue weighted by molar-refractivity contribution is 0.401. The Morgan fingerprint density at radius 3 is 2.65 bits per heavy atom. The summed E-state index contributed by atoms with van der Waals surface area (Å²) in [5, 5.41) is 7.47. The van der Waals surface area contributed by atoms with Crippen molar-refractivity contribution in [1.29, 1.82) is 0 Å². The molecular weight excluding hydrogens is 290 g/mol. The predicted octanol–water partition coefficient (Wildman–Crippen LogP) is 3.16. The molecule has 108 valence electrons. The number of hydrogen-bond acceptors (Lipinski definition) is 4. The summed E-state index contributed by atoms with van der Waals surface area (Å²) in [6, 6.07) is 7.82. The van der Waals surface area contributed by atoms with E-state index in [9.17, 15) is 0 Å². The van der Waals surface area contributed by atoms with Crippen molar-refractivity contribution in [3.63, 3.8) is 0 Å². The Balaban J connectivity index is 1.82. The molecule has 3 nitrogen and oxygen atoms in total. The fourth-order valence-corrected chi connectivity index (χ4v) is 2.74. The van der Waals surface area contributed by atoms with Crippen LogP contribution in [0.4, 0.5) is 0 Å². The maximum Gasteiger partial charge on any atom is 0.0945 e. The number of hydrogen-bond donors (Lipinski definition) is 1. The van der Waals surface area contributed by atoms with Gasteiger partial charge in [-0.3, -0.25) is 0 Å². The van der Waals surface area contributed by atoms with E-state index >= 15 is 0 Å². The van der Waals surface area contributed by atoms with E-state index in [-0.39, 0.29) is 0 Å². The third kappa shape index (κ3) is 4.87. The van der Waals surface area contributed by atoms with Gasteiger partial charge in [-0.05, 0) is 26.2 Å². The summed E-state index contributed by atoms with van der Waals surface area (Å²) in [5.41, 5.74) is 2.16. The number of aromatic nitrogens is 1. The van der Waals surface area contributed by atoms with Gasteiger partial charge in [-0.2, -0.15) is 0 Å². The van der Waals surface area contributed by atoms with Crippen LogP contribution in [0.2, 0.25) is 5.02 Å². The lowest BCUT2D eigenvalue weighted by Gasteiger charge is -2.09. The zero-order chi connectivity index (χ0) is 14.4. The molecule has 0 aliphatic carbocycles. The van der Waals surface area contributed by atoms with Crippen molar-refractivity contribution in [2.24, 2.45) is 0 Å². The van der Waals surface area contributed by atoms with Crippen LogP contribution in [0.25, 0.3) is 11.3 Å². The molecule has 2 aromatic rings. The maximum absolute atomic E-state index is 5.90. The monoisotopic (exact) mass is 309 g/mol. The Morgan fingerprint density at radius 1 is 1.20 bits per heavy atom. The average molecular weight is 310 g/mol. The van der Waals surface area contributed by atoms with Gasteiger partial charge in [0.1, 0.15) is 0 Å². The van der Waals surface area contributed by atoms with E-state index in [0.717, 1.165) is 42.3 Å². The Labute approximate surface area is 129 Å². The van der Waals surface area contributed by atoms with E-state index in [0.29, 0.717) is 0 Å². The fraction of sp³-hybridized carbons (Fsp3) is 0.400. The molecule has 0 bridgehead atoms. The number of likely N-dealkylation sites (N-methyl/N-ethyl adjacent to an activating group) is 1. The first-order valence-corrected chi connectivity index (χ1v) is 7.96. The summed E-state index contributed by atoms with van der Waals surface area (Å²) < 4.78 is 0. The third-order valence-corrected chi connectivity index (χ3v) is 4.10. The summed E-state index contributed by atoms with van der Waals surface area (Å²) >= 11 is 7.61. The number of halogens is 1. The SMILES string of the molecule is CN(C)CCNCCc1nc(-c2ccc(Cl)cc2)cs1. The molecule has 0 saturated heterocycles. The molecule has 1 heterocycles. The zero-order valence-corrected chi connectivity index (χ0v) is 13.5. The molecule has 0 atom stereocenters. The van der Waals surface area contributed by atoms with E-state index < -0.39 is 0 Å². The van der Waals surface area contributed by atoms with Gasteiger partial charge in [-0.25, -0.2) is 4.98 Å². The molecule has 0 spiro atoms. The van der Waals surface area contributed by atoms with Crippen LogP contribution in [-0.2, 0) is 6.42 Å². The quantitative estimate of drug-likeness (QED) is 0.796. The third-order valence-electron chi connectivity index (χ3n) is 2.94. The van der Waals surface area contributed by atoms with Crippen LogP contribution in [0.1, 0.15) is 5.01 Å². The Bertz CT molecular complexity index is 522. The van der Waals surface area contributed by atoms with Crippen molar-refractivity contribution in [2.45, 2.75) is 6.42 Å². The Morgan fingerprint density at radius 2 is 1.95 bits per heavy atom. The summed E-state index contributed by atoms with van der Waals surface area (Å²) in [5.74, 6) is 0. The molecule has 0 saturated carbocycles. The van der Waals surface area contributed by atoms with Crippen molar-refractivity contribution in [1.82, 2.24) is 15.2 Å². The van der Waals surface area contributed by atoms with E-state index in [1.165, 1.54) is 5.01 Å². The first-order valence-electron chi connectivity index (χ1n) is 6.71. The number of nitrogens with zero attached hydrogens (tertiary/aromatic N) is 2. The molecule has 1 aromatic carbocycles. The maximum atomic E-state index is 5.90. The second kappa shape index (κ2) is 7.74. The van der Waals surface area contributed by atoms with Crippen LogP contribution < -0.4 is 5.32 Å². The van der Waals surface area contributed by atoms with E-state index in [1.54, 1.807) is 11.3 Å². The van der Waals surface area contributed by atoms with E-state index in [4.69, 9.17) is 11.6 Å². The van der Waals surface area contributed by atoms with Gasteiger partial charge in [0.05, 0.1) is 10.7 Å². The topological polar surface area (TPSA) is 28.2 Å². The molecule has 0 unspecified atom stereocenters. The van der Waals surface area contributed by atoms with Crippen molar-refractivity contribution >= 4 is 22.9 Å².